The number of carbonyl (C=O) groups is 12. The van der Waals surface area contributed by atoms with Crippen molar-refractivity contribution in [3.8, 4) is 5.75 Å². The van der Waals surface area contributed by atoms with Gasteiger partial charge in [-0.15, -0.1) is 0 Å². The first kappa shape index (κ1) is 90.5. The fourth-order valence-electron chi connectivity index (χ4n) is 11.5. The molecule has 0 spiro atoms. The second-order valence-electron chi connectivity index (χ2n) is 26.7. The van der Waals surface area contributed by atoms with Gasteiger partial charge in [-0.05, 0) is 133 Å². The van der Waals surface area contributed by atoms with Gasteiger partial charge in [0.05, 0.1) is 31.6 Å². The number of rotatable bonds is 53. The summed E-state index contributed by atoms with van der Waals surface area (Å²) >= 11 is 0. The lowest BCUT2D eigenvalue weighted by Gasteiger charge is -2.28. The maximum absolute atomic E-state index is 14.8. The number of unbranched alkanes of at least 4 members (excludes halogenated alkanes) is 3. The summed E-state index contributed by atoms with van der Waals surface area (Å²) in [4.78, 5) is 191. The van der Waals surface area contributed by atoms with Crippen LogP contribution in [-0.2, 0) is 89.6 Å². The number of amides is 11. The van der Waals surface area contributed by atoms with Gasteiger partial charge in [-0.1, -0.05) is 42.5 Å². The molecular weight excluding hydrogens is 1450 g/mol. The van der Waals surface area contributed by atoms with Crippen molar-refractivity contribution in [1.29, 1.82) is 10.8 Å². The molecule has 32 N–H and O–H groups in total. The number of benzene rings is 2. The number of nitrogens with two attached hydrogens (primary N) is 6. The molecule has 0 fully saturated rings. The molecular formula is C71H109N27O14. The van der Waals surface area contributed by atoms with Crippen LogP contribution in [0.25, 0.3) is 0 Å². The molecule has 112 heavy (non-hydrogen) atoms. The molecule has 0 unspecified atom stereocenters. The summed E-state index contributed by atoms with van der Waals surface area (Å²) in [5, 5.41) is 70.0. The SMILES string of the molecule is C[C@H](N)C(=O)N[C@@H](CCCCN)C(=O)N[C@@H](CCCNC(=N)N)C(=O)N[C@@H](Cc1cnc[nH]1)C(=O)N[C@@H](Cc1cnc[nH]1)C(=O)NCC(=O)N[C@@H](Cc1ccc(O)cc1)C(=O)N[C@@H](CCCCN)C(=O)N[C@@H](CCCNC(=N)N)C(=O)N[C@@H](CCCCN)C(=O)N[C@@H](Cc1ccccc1)C(=O)N[C@@H](Cc1cnc[nH]1)C(=O)O. The van der Waals surface area contributed by atoms with E-state index < -0.39 is 150 Å². The molecule has 3 aromatic heterocycles. The Morgan fingerprint density at radius 1 is 0.393 bits per heavy atom. The van der Waals surface area contributed by atoms with Crippen LogP contribution in [-0.4, -0.2) is 229 Å². The molecule has 41 nitrogen and oxygen atoms in total. The summed E-state index contributed by atoms with van der Waals surface area (Å²) in [5.74, 6) is -11.7. The van der Waals surface area contributed by atoms with E-state index in [1.54, 1.807) is 30.3 Å². The van der Waals surface area contributed by atoms with Crippen molar-refractivity contribution in [2.45, 2.75) is 189 Å². The van der Waals surface area contributed by atoms with Crippen LogP contribution in [0, 0.1) is 10.8 Å². The lowest BCUT2D eigenvalue weighted by Crippen LogP contribution is -2.60. The minimum atomic E-state index is -1.54. The zero-order valence-corrected chi connectivity index (χ0v) is 62.6. The van der Waals surface area contributed by atoms with E-state index in [-0.39, 0.29) is 128 Å². The number of carboxylic acids is 1. The van der Waals surface area contributed by atoms with Gasteiger partial charge in [0.15, 0.2) is 11.9 Å². The molecule has 11 amide bonds. The van der Waals surface area contributed by atoms with E-state index in [0.717, 1.165) is 0 Å². The topological polar surface area (TPSA) is 692 Å². The standard InChI is InChI=1S/C71H109N27O14/c1-41(75)59(101)90-48(15-5-8-24-72)61(103)93-52(19-12-28-84-71(78)79)65(107)97-56(32-45-35-81-39-87-45)68(110)96-55(31-44-34-80-38-86-44)60(102)85-37-58(100)89-53(30-43-20-22-47(99)23-21-43)66(108)94-49(16-6-9-25-73)62(104)92-51(18-11-27-83-70(76)77)63(105)91-50(17-7-10-26-74)64(106)95-54(29-42-13-3-2-4-14-42)67(109)98-57(69(111)112)33-46-36-82-40-88-46/h2-4,13-14,20-23,34-36,38-41,48-57,99H,5-12,15-19,24-33,37,72-75H2,1H3,(H,80,86)(H,81,87)(H,82,88)(H,85,102)(H,89,100)(H,90,101)(H,91,105)(H,92,104)(H,93,103)(H,94,108)(H,95,106)(H,96,110)(H,97,107)(H,98,109)(H,111,112)(H4,76,77,83)(H4,78,79,84)/t41-,48-,49-,50-,51-,52-,53-,54-,55-,56-,57-/m0/s1. The van der Waals surface area contributed by atoms with Crippen LogP contribution in [0.1, 0.15) is 119 Å². The quantitative estimate of drug-likeness (QED) is 0.00980. The number of hydrogen-bond donors (Lipinski definition) is 26. The molecule has 0 saturated heterocycles. The number of phenolic OH excluding ortho intramolecular Hbond substituents is 1. The van der Waals surface area contributed by atoms with Crippen LogP contribution in [0.15, 0.2) is 92.2 Å². The summed E-state index contributed by atoms with van der Waals surface area (Å²) in [5.41, 5.74) is 36.4. The van der Waals surface area contributed by atoms with Gasteiger partial charge in [0, 0.05) is 80.9 Å². The van der Waals surface area contributed by atoms with Crippen molar-refractivity contribution in [3.05, 3.63) is 120 Å². The van der Waals surface area contributed by atoms with E-state index >= 15 is 0 Å². The van der Waals surface area contributed by atoms with Crippen molar-refractivity contribution < 1.29 is 67.7 Å². The highest BCUT2D eigenvalue weighted by atomic mass is 16.4. The molecule has 0 aliphatic carbocycles. The molecule has 5 aromatic rings. The molecule has 0 radical (unpaired) electrons. The number of guanidine groups is 2. The van der Waals surface area contributed by atoms with Gasteiger partial charge in [-0.3, -0.25) is 63.6 Å². The number of nitrogens with one attached hydrogen (secondary N) is 18. The van der Waals surface area contributed by atoms with Crippen molar-refractivity contribution >= 4 is 82.9 Å². The molecule has 11 atom stereocenters. The van der Waals surface area contributed by atoms with E-state index in [0.29, 0.717) is 60.4 Å². The number of aromatic nitrogens is 6. The minimum Gasteiger partial charge on any atom is -0.508 e. The Labute approximate surface area is 646 Å². The smallest absolute Gasteiger partial charge is 0.326 e. The van der Waals surface area contributed by atoms with Gasteiger partial charge >= 0.3 is 5.97 Å². The van der Waals surface area contributed by atoms with Gasteiger partial charge in [-0.25, -0.2) is 19.7 Å². The Hall–Kier alpha value is -12.1. The second kappa shape index (κ2) is 49.1. The predicted octanol–water partition coefficient (Wildman–Crippen LogP) is -5.62. The summed E-state index contributed by atoms with van der Waals surface area (Å²) in [6.07, 6.45) is 9.35. The maximum Gasteiger partial charge on any atom is 0.326 e. The van der Waals surface area contributed by atoms with Crippen LogP contribution >= 0.6 is 0 Å². The molecule has 0 bridgehead atoms. The Morgan fingerprint density at radius 2 is 0.705 bits per heavy atom. The number of H-pyrrole nitrogens is 3. The van der Waals surface area contributed by atoms with Crippen LogP contribution in [0.4, 0.5) is 0 Å². The molecule has 41 heteroatoms. The van der Waals surface area contributed by atoms with Gasteiger partial charge in [0.25, 0.3) is 0 Å². The number of imidazole rings is 3. The number of carboxylic acid groups (broad SMARTS) is 1. The molecule has 0 aliphatic heterocycles. The third-order valence-electron chi connectivity index (χ3n) is 17.6. The third kappa shape index (κ3) is 33.8. The lowest BCUT2D eigenvalue weighted by atomic mass is 10.0. The minimum absolute atomic E-state index is 0.0271. The number of carbonyl (C=O) groups excluding carboxylic acids is 11. The molecule has 612 valence electrons. The third-order valence-corrected chi connectivity index (χ3v) is 17.6. The fraction of sp³-hybridized carbons (Fsp3) is 0.507. The Balaban J connectivity index is 1.39. The van der Waals surface area contributed by atoms with Crippen LogP contribution < -0.4 is 104 Å². The number of nitrogens with zero attached hydrogens (tertiary/aromatic N) is 3. The number of hydrogen-bond acceptors (Lipinski definition) is 22. The number of phenols is 1. The van der Waals surface area contributed by atoms with E-state index in [9.17, 15) is 67.7 Å². The van der Waals surface area contributed by atoms with E-state index in [1.807, 2.05) is 0 Å². The van der Waals surface area contributed by atoms with Gasteiger partial charge in [0.2, 0.25) is 65.0 Å². The highest BCUT2D eigenvalue weighted by Gasteiger charge is 2.37. The van der Waals surface area contributed by atoms with E-state index in [1.165, 1.54) is 68.8 Å². The Bertz CT molecular complexity index is 3800. The van der Waals surface area contributed by atoms with Crippen molar-refractivity contribution in [2.75, 3.05) is 39.3 Å². The molecule has 0 saturated carbocycles. The molecule has 5 rings (SSSR count). The molecule has 0 aliphatic rings. The monoisotopic (exact) mass is 1560 g/mol. The van der Waals surface area contributed by atoms with E-state index in [2.05, 4.69) is 99.0 Å². The lowest BCUT2D eigenvalue weighted by molar-refractivity contribution is -0.142. The predicted molar refractivity (Wildman–Crippen MR) is 409 cm³/mol. The van der Waals surface area contributed by atoms with Crippen LogP contribution in [0.2, 0.25) is 0 Å². The van der Waals surface area contributed by atoms with Crippen molar-refractivity contribution in [2.24, 2.45) is 34.4 Å². The van der Waals surface area contributed by atoms with Gasteiger partial charge in [0.1, 0.15) is 66.2 Å². The van der Waals surface area contributed by atoms with Gasteiger partial charge < -0.3 is 129 Å². The largest absolute Gasteiger partial charge is 0.508 e. The Kier molecular flexibility index (Phi) is 39.7. The normalized spacial score (nSPS) is 14.0. The zero-order chi connectivity index (χ0) is 81.9. The summed E-state index contributed by atoms with van der Waals surface area (Å²) < 4.78 is 0. The highest BCUT2D eigenvalue weighted by molar-refractivity contribution is 5.99. The summed E-state index contributed by atoms with van der Waals surface area (Å²) in [6, 6.07) is -1.03. The second-order valence-corrected chi connectivity index (χ2v) is 26.7. The summed E-state index contributed by atoms with van der Waals surface area (Å²) in [7, 11) is 0. The fourth-order valence-corrected chi connectivity index (χ4v) is 11.5. The first-order valence-corrected chi connectivity index (χ1v) is 36.9. The highest BCUT2D eigenvalue weighted by Crippen LogP contribution is 2.16. The Morgan fingerprint density at radius 3 is 1.05 bits per heavy atom. The van der Waals surface area contributed by atoms with Crippen molar-refractivity contribution in [1.82, 2.24) is 99.0 Å². The maximum atomic E-state index is 14.8. The van der Waals surface area contributed by atoms with Crippen molar-refractivity contribution in [3.63, 3.8) is 0 Å². The first-order valence-electron chi connectivity index (χ1n) is 36.9. The van der Waals surface area contributed by atoms with Crippen LogP contribution in [0.5, 0.6) is 5.75 Å². The molecule has 3 heterocycles. The molecule has 2 aromatic carbocycles. The average molecular weight is 1560 g/mol. The number of aromatic amines is 3. The summed E-state index contributed by atoms with van der Waals surface area (Å²) in [6.45, 7) is 1.41. The number of aliphatic carboxylic acids is 1. The average Bonchev–Trinajstić information content (AvgIpc) is 1.24. The van der Waals surface area contributed by atoms with Crippen LogP contribution in [0.3, 0.4) is 0 Å². The first-order chi connectivity index (χ1) is 53.7. The van der Waals surface area contributed by atoms with Gasteiger partial charge in [-0.2, -0.15) is 0 Å². The number of aromatic hydroxyl groups is 1. The zero-order valence-electron chi connectivity index (χ0n) is 62.6. The van der Waals surface area contributed by atoms with E-state index in [4.69, 9.17) is 45.2 Å².